The van der Waals surface area contributed by atoms with Gasteiger partial charge in [-0.25, -0.2) is 0 Å². The van der Waals surface area contributed by atoms with Gasteiger partial charge in [-0.2, -0.15) is 0 Å². The van der Waals surface area contributed by atoms with E-state index < -0.39 is 0 Å². The quantitative estimate of drug-likeness (QED) is 0.159. The Labute approximate surface area is 329 Å². The first kappa shape index (κ1) is 31.8. The zero-order valence-corrected chi connectivity index (χ0v) is 32.0. The number of benzene rings is 10. The molecule has 0 aliphatic heterocycles. The number of rotatable bonds is 3. The summed E-state index contributed by atoms with van der Waals surface area (Å²) in [4.78, 5) is 0. The van der Waals surface area contributed by atoms with Crippen molar-refractivity contribution in [1.82, 2.24) is 0 Å². The molecule has 0 nitrogen and oxygen atoms in total. The highest BCUT2D eigenvalue weighted by molar-refractivity contribution is 7.26. The van der Waals surface area contributed by atoms with Gasteiger partial charge in [0.1, 0.15) is 0 Å². The molecule has 1 aliphatic rings. The molecule has 11 aromatic rings. The van der Waals surface area contributed by atoms with E-state index in [1.165, 1.54) is 119 Å². The largest absolute Gasteiger partial charge is 0.134 e. The topological polar surface area (TPSA) is 0 Å². The van der Waals surface area contributed by atoms with Crippen molar-refractivity contribution in [2.45, 2.75) is 19.3 Å². The molecule has 262 valence electrons. The lowest BCUT2D eigenvalue weighted by atomic mass is 9.81. The lowest BCUT2D eigenvalue weighted by molar-refractivity contribution is 0.661. The predicted octanol–water partition coefficient (Wildman–Crippen LogP) is 16.0. The van der Waals surface area contributed by atoms with Crippen LogP contribution in [0.25, 0.3) is 108 Å². The molecule has 12 rings (SSSR count). The van der Waals surface area contributed by atoms with Crippen LogP contribution in [0.3, 0.4) is 0 Å². The summed E-state index contributed by atoms with van der Waals surface area (Å²) in [5, 5.41) is 13.0. The molecule has 0 amide bonds. The van der Waals surface area contributed by atoms with Crippen LogP contribution in [0.5, 0.6) is 0 Å². The van der Waals surface area contributed by atoms with Crippen molar-refractivity contribution in [3.8, 4) is 44.5 Å². The Bertz CT molecular complexity index is 3380. The van der Waals surface area contributed by atoms with Crippen LogP contribution in [0.15, 0.2) is 182 Å². The fraction of sp³-hybridized carbons (Fsp3) is 0.0545. The molecular formula is C55H36S. The van der Waals surface area contributed by atoms with Gasteiger partial charge in [0.25, 0.3) is 0 Å². The van der Waals surface area contributed by atoms with Crippen LogP contribution in [-0.2, 0) is 5.41 Å². The van der Waals surface area contributed by atoms with Gasteiger partial charge >= 0.3 is 0 Å². The summed E-state index contributed by atoms with van der Waals surface area (Å²) in [7, 11) is 0. The number of hydrogen-bond acceptors (Lipinski definition) is 1. The summed E-state index contributed by atoms with van der Waals surface area (Å²) in [5.41, 5.74) is 13.1. The first-order valence-electron chi connectivity index (χ1n) is 19.6. The molecule has 0 N–H and O–H groups in total. The summed E-state index contributed by atoms with van der Waals surface area (Å²) in [6.07, 6.45) is 0. The third-order valence-electron chi connectivity index (χ3n) is 12.6. The van der Waals surface area contributed by atoms with Gasteiger partial charge in [0, 0.05) is 31.2 Å². The van der Waals surface area contributed by atoms with Crippen molar-refractivity contribution >= 4 is 74.6 Å². The lowest BCUT2D eigenvalue weighted by Crippen LogP contribution is -2.14. The fourth-order valence-electron chi connectivity index (χ4n) is 9.96. The smallest absolute Gasteiger partial charge is 0.0437 e. The van der Waals surface area contributed by atoms with E-state index in [-0.39, 0.29) is 5.41 Å². The van der Waals surface area contributed by atoms with Crippen LogP contribution in [0.4, 0.5) is 0 Å². The van der Waals surface area contributed by atoms with Gasteiger partial charge in [0.15, 0.2) is 0 Å². The van der Waals surface area contributed by atoms with Crippen LogP contribution in [-0.4, -0.2) is 0 Å². The maximum absolute atomic E-state index is 2.51. The number of fused-ring (bicyclic) bond motifs is 12. The van der Waals surface area contributed by atoms with E-state index in [9.17, 15) is 0 Å². The van der Waals surface area contributed by atoms with Crippen molar-refractivity contribution in [2.75, 3.05) is 0 Å². The van der Waals surface area contributed by atoms with Crippen LogP contribution in [0.2, 0.25) is 0 Å². The molecule has 1 heterocycles. The van der Waals surface area contributed by atoms with Crippen LogP contribution >= 0.6 is 11.3 Å². The van der Waals surface area contributed by atoms with Crippen molar-refractivity contribution < 1.29 is 0 Å². The van der Waals surface area contributed by atoms with Crippen molar-refractivity contribution in [1.29, 1.82) is 0 Å². The molecule has 1 aliphatic carbocycles. The van der Waals surface area contributed by atoms with Gasteiger partial charge in [-0.05, 0) is 117 Å². The Morgan fingerprint density at radius 2 is 0.893 bits per heavy atom. The Morgan fingerprint density at radius 1 is 0.357 bits per heavy atom. The Hall–Kier alpha value is -6.54. The molecule has 56 heavy (non-hydrogen) atoms. The second-order valence-electron chi connectivity index (χ2n) is 16.0. The first-order chi connectivity index (χ1) is 27.5. The highest BCUT2D eigenvalue weighted by Gasteiger charge is 2.37. The molecule has 0 radical (unpaired) electrons. The third-order valence-corrected chi connectivity index (χ3v) is 13.8. The molecule has 10 aromatic carbocycles. The molecule has 1 heteroatoms. The van der Waals surface area contributed by atoms with E-state index in [0.717, 1.165) is 0 Å². The molecule has 0 unspecified atom stereocenters. The minimum atomic E-state index is -0.0957. The standard InChI is InChI=1S/C55H36S/c1-55(2)47-27-24-39(32-46(47)53-48(55)28-26-45-52-40-15-7-6-14-34(40)25-29-49(52)56-54(45)53)51-43-18-10-8-16-41(43)50(42-17-9-11-19-44(42)51)38-23-22-36-30-35(20-21-37(36)31-38)33-12-4-3-5-13-33/h3-32H,1-2H3. The summed E-state index contributed by atoms with van der Waals surface area (Å²) in [6.45, 7) is 4.80. The molecule has 0 saturated heterocycles. The Kier molecular flexibility index (Phi) is 6.66. The summed E-state index contributed by atoms with van der Waals surface area (Å²) in [5.74, 6) is 0. The monoisotopic (exact) mass is 728 g/mol. The van der Waals surface area contributed by atoms with E-state index >= 15 is 0 Å². The fourth-order valence-corrected chi connectivity index (χ4v) is 11.2. The normalized spacial score (nSPS) is 13.3. The first-order valence-corrected chi connectivity index (χ1v) is 20.4. The van der Waals surface area contributed by atoms with Gasteiger partial charge in [-0.1, -0.05) is 172 Å². The van der Waals surface area contributed by atoms with Crippen molar-refractivity contribution in [3.05, 3.63) is 193 Å². The second-order valence-corrected chi connectivity index (χ2v) is 17.0. The van der Waals surface area contributed by atoms with Gasteiger partial charge in [-0.15, -0.1) is 11.3 Å². The van der Waals surface area contributed by atoms with E-state index in [2.05, 4.69) is 196 Å². The second kappa shape index (κ2) is 11.7. The van der Waals surface area contributed by atoms with E-state index in [0.29, 0.717) is 0 Å². The average molecular weight is 729 g/mol. The highest BCUT2D eigenvalue weighted by atomic mass is 32.1. The van der Waals surface area contributed by atoms with Gasteiger partial charge in [0.05, 0.1) is 0 Å². The van der Waals surface area contributed by atoms with E-state index in [1.807, 2.05) is 11.3 Å². The zero-order chi connectivity index (χ0) is 37.1. The Morgan fingerprint density at radius 3 is 1.59 bits per heavy atom. The van der Waals surface area contributed by atoms with Crippen LogP contribution in [0.1, 0.15) is 25.0 Å². The molecule has 0 saturated carbocycles. The van der Waals surface area contributed by atoms with Crippen LogP contribution < -0.4 is 0 Å². The summed E-state index contributed by atoms with van der Waals surface area (Å²) < 4.78 is 2.75. The van der Waals surface area contributed by atoms with E-state index in [4.69, 9.17) is 0 Å². The van der Waals surface area contributed by atoms with Crippen molar-refractivity contribution in [2.24, 2.45) is 0 Å². The Balaban J connectivity index is 1.08. The summed E-state index contributed by atoms with van der Waals surface area (Å²) >= 11 is 1.95. The van der Waals surface area contributed by atoms with Gasteiger partial charge < -0.3 is 0 Å². The van der Waals surface area contributed by atoms with Gasteiger partial charge in [-0.3, -0.25) is 0 Å². The summed E-state index contributed by atoms with van der Waals surface area (Å²) in [6, 6.07) is 68.1. The maximum Gasteiger partial charge on any atom is 0.0437 e. The average Bonchev–Trinajstić information content (AvgIpc) is 3.74. The molecule has 1 aromatic heterocycles. The lowest BCUT2D eigenvalue weighted by Gasteiger charge is -2.22. The molecule has 0 bridgehead atoms. The minimum Gasteiger partial charge on any atom is -0.134 e. The number of thiophene rings is 1. The molecule has 0 fully saturated rings. The van der Waals surface area contributed by atoms with Crippen LogP contribution in [0, 0.1) is 0 Å². The molecule has 0 atom stereocenters. The van der Waals surface area contributed by atoms with Crippen molar-refractivity contribution in [3.63, 3.8) is 0 Å². The third kappa shape index (κ3) is 4.47. The van der Waals surface area contributed by atoms with Gasteiger partial charge in [0.2, 0.25) is 0 Å². The highest BCUT2D eigenvalue weighted by Crippen LogP contribution is 2.56. The maximum atomic E-state index is 2.51. The zero-order valence-electron chi connectivity index (χ0n) is 31.2. The predicted molar refractivity (Wildman–Crippen MR) is 243 cm³/mol. The minimum absolute atomic E-state index is 0.0957. The number of hydrogen-bond donors (Lipinski definition) is 0. The molecular weight excluding hydrogens is 693 g/mol. The molecule has 0 spiro atoms. The SMILES string of the molecule is CC1(C)c2ccc(-c3c4ccccc4c(-c4ccc5cc(-c6ccccc6)ccc5c4)c4ccccc34)cc2-c2c1ccc1c2sc2ccc3ccccc3c21. The van der Waals surface area contributed by atoms with E-state index in [1.54, 1.807) is 0 Å².